The third-order valence-electron chi connectivity index (χ3n) is 4.40. The molecule has 1 heterocycles. The molecule has 0 N–H and O–H groups in total. The summed E-state index contributed by atoms with van der Waals surface area (Å²) in [6.07, 6.45) is 0.190. The molecule has 1 aromatic carbocycles. The number of piperidine rings is 1. The van der Waals surface area contributed by atoms with Gasteiger partial charge in [-0.15, -0.1) is 0 Å². The van der Waals surface area contributed by atoms with Gasteiger partial charge in [0.2, 0.25) is 0 Å². The van der Waals surface area contributed by atoms with Gasteiger partial charge in [0.05, 0.1) is 12.2 Å². The number of likely N-dealkylation sites (tertiary alicyclic amines) is 1. The van der Waals surface area contributed by atoms with E-state index < -0.39 is 5.60 Å². The number of benzene rings is 1. The lowest BCUT2D eigenvalue weighted by molar-refractivity contribution is 0.00795. The third kappa shape index (κ3) is 3.27. The van der Waals surface area contributed by atoms with Crippen molar-refractivity contribution in [2.24, 2.45) is 11.8 Å². The van der Waals surface area contributed by atoms with Crippen LogP contribution in [0.25, 0.3) is 0 Å². The van der Waals surface area contributed by atoms with Crippen LogP contribution in [0.4, 0.5) is 4.79 Å². The highest BCUT2D eigenvalue weighted by atomic mass is 16.6. The van der Waals surface area contributed by atoms with Crippen molar-refractivity contribution in [2.45, 2.75) is 45.5 Å². The summed E-state index contributed by atoms with van der Waals surface area (Å²) >= 11 is 0. The van der Waals surface area contributed by atoms with Crippen LogP contribution >= 0.6 is 0 Å². The molecule has 0 radical (unpaired) electrons. The van der Waals surface area contributed by atoms with Crippen LogP contribution in [0.15, 0.2) is 30.3 Å². The molecule has 0 aromatic heterocycles. The van der Waals surface area contributed by atoms with Gasteiger partial charge >= 0.3 is 6.09 Å². The van der Waals surface area contributed by atoms with Gasteiger partial charge in [-0.25, -0.2) is 4.79 Å². The van der Waals surface area contributed by atoms with E-state index in [2.05, 4.69) is 19.1 Å². The first kappa shape index (κ1) is 15.3. The topological polar surface area (TPSA) is 38.8 Å². The minimum absolute atomic E-state index is 0.103. The van der Waals surface area contributed by atoms with E-state index >= 15 is 0 Å². The lowest BCUT2D eigenvalue weighted by atomic mass is 10.1. The Labute approximate surface area is 132 Å². The van der Waals surface area contributed by atoms with Crippen molar-refractivity contribution in [3.63, 3.8) is 0 Å². The van der Waals surface area contributed by atoms with Gasteiger partial charge in [0.1, 0.15) is 5.60 Å². The second-order valence-electron chi connectivity index (χ2n) is 7.37. The van der Waals surface area contributed by atoms with Crippen LogP contribution in [0, 0.1) is 11.8 Å². The van der Waals surface area contributed by atoms with Crippen molar-refractivity contribution in [3.8, 4) is 0 Å². The summed E-state index contributed by atoms with van der Waals surface area (Å²) in [4.78, 5) is 13.9. The number of carbonyl (C=O) groups is 1. The molecule has 3 rings (SSSR count). The zero-order valence-corrected chi connectivity index (χ0v) is 13.8. The molecule has 3 atom stereocenters. The van der Waals surface area contributed by atoms with Crippen molar-refractivity contribution in [1.82, 2.24) is 4.90 Å². The number of amides is 1. The lowest BCUT2D eigenvalue weighted by Gasteiger charge is -2.26. The van der Waals surface area contributed by atoms with Crippen molar-refractivity contribution in [1.29, 1.82) is 0 Å². The highest BCUT2D eigenvalue weighted by Gasteiger charge is 2.58. The van der Waals surface area contributed by atoms with Crippen LogP contribution in [0.5, 0.6) is 0 Å². The Balaban J connectivity index is 1.48. The molecule has 22 heavy (non-hydrogen) atoms. The fourth-order valence-electron chi connectivity index (χ4n) is 3.19. The monoisotopic (exact) mass is 303 g/mol. The molecule has 2 aliphatic rings. The molecule has 1 amide bonds. The van der Waals surface area contributed by atoms with Gasteiger partial charge < -0.3 is 14.4 Å². The molecule has 2 fully saturated rings. The van der Waals surface area contributed by atoms with E-state index in [1.807, 2.05) is 43.9 Å². The van der Waals surface area contributed by atoms with E-state index in [0.29, 0.717) is 11.8 Å². The van der Waals surface area contributed by atoms with Gasteiger partial charge in [0, 0.05) is 24.9 Å². The molecule has 3 unspecified atom stereocenters. The van der Waals surface area contributed by atoms with Crippen LogP contribution in [-0.2, 0) is 9.47 Å². The van der Waals surface area contributed by atoms with Gasteiger partial charge in [-0.05, 0) is 33.3 Å². The van der Waals surface area contributed by atoms with Gasteiger partial charge in [-0.2, -0.15) is 0 Å². The quantitative estimate of drug-likeness (QED) is 0.856. The predicted molar refractivity (Wildman–Crippen MR) is 84.5 cm³/mol. The molecule has 4 nitrogen and oxygen atoms in total. The van der Waals surface area contributed by atoms with Gasteiger partial charge in [-0.1, -0.05) is 30.3 Å². The highest BCUT2D eigenvalue weighted by molar-refractivity contribution is 5.69. The standard InChI is InChI=1S/C18H25NO3/c1-12(13-8-6-5-7-9-13)21-16-14-10-19(11-15(14)16)17(20)22-18(2,3)4/h5-9,12,14-16H,10-11H2,1-4H3. The summed E-state index contributed by atoms with van der Waals surface area (Å²) in [5.74, 6) is 0.942. The molecule has 120 valence electrons. The first-order chi connectivity index (χ1) is 10.3. The van der Waals surface area contributed by atoms with Gasteiger partial charge in [0.15, 0.2) is 0 Å². The number of fused-ring (bicyclic) bond motifs is 1. The zero-order valence-electron chi connectivity index (χ0n) is 13.8. The maximum atomic E-state index is 12.0. The van der Waals surface area contributed by atoms with E-state index in [1.54, 1.807) is 0 Å². The number of nitrogens with zero attached hydrogens (tertiary/aromatic N) is 1. The minimum atomic E-state index is -0.429. The third-order valence-corrected chi connectivity index (χ3v) is 4.40. The van der Waals surface area contributed by atoms with Crippen molar-refractivity contribution in [2.75, 3.05) is 13.1 Å². The smallest absolute Gasteiger partial charge is 0.410 e. The molecular formula is C18H25NO3. The number of rotatable bonds is 3. The molecule has 1 saturated heterocycles. The predicted octanol–water partition coefficient (Wildman–Crippen LogP) is 3.63. The number of hydrogen-bond donors (Lipinski definition) is 0. The van der Waals surface area contributed by atoms with Crippen molar-refractivity contribution in [3.05, 3.63) is 35.9 Å². The number of carbonyl (C=O) groups excluding carboxylic acids is 1. The Morgan fingerprint density at radius 3 is 2.32 bits per heavy atom. The second kappa shape index (κ2) is 5.58. The van der Waals surface area contributed by atoms with E-state index in [4.69, 9.17) is 9.47 Å². The first-order valence-corrected chi connectivity index (χ1v) is 8.03. The molecule has 4 heteroatoms. The molecule has 1 aromatic rings. The SMILES string of the molecule is CC(OC1C2CN(C(=O)OC(C)(C)C)CC21)c1ccccc1. The Hall–Kier alpha value is -1.55. The molecule has 1 aliphatic carbocycles. The summed E-state index contributed by atoms with van der Waals surface area (Å²) in [5.41, 5.74) is 0.776. The Kier molecular flexibility index (Phi) is 3.89. The largest absolute Gasteiger partial charge is 0.444 e. The number of hydrogen-bond acceptors (Lipinski definition) is 3. The molecule has 0 spiro atoms. The molecule has 1 saturated carbocycles. The zero-order chi connectivity index (χ0) is 15.9. The fraction of sp³-hybridized carbons (Fsp3) is 0.611. The summed E-state index contributed by atoms with van der Waals surface area (Å²) < 4.78 is 11.6. The molecule has 0 bridgehead atoms. The van der Waals surface area contributed by atoms with E-state index in [1.165, 1.54) is 5.56 Å². The van der Waals surface area contributed by atoms with E-state index in [9.17, 15) is 4.79 Å². The first-order valence-electron chi connectivity index (χ1n) is 8.03. The van der Waals surface area contributed by atoms with Gasteiger partial charge in [-0.3, -0.25) is 0 Å². The van der Waals surface area contributed by atoms with Crippen LogP contribution in [-0.4, -0.2) is 35.8 Å². The Morgan fingerprint density at radius 1 is 1.18 bits per heavy atom. The summed E-state index contributed by atoms with van der Waals surface area (Å²) in [7, 11) is 0. The fourth-order valence-corrected chi connectivity index (χ4v) is 3.19. The Morgan fingerprint density at radius 2 is 1.77 bits per heavy atom. The van der Waals surface area contributed by atoms with E-state index in [0.717, 1.165) is 13.1 Å². The van der Waals surface area contributed by atoms with Crippen LogP contribution in [0.1, 0.15) is 39.4 Å². The lowest BCUT2D eigenvalue weighted by Crippen LogP contribution is -2.37. The highest BCUT2D eigenvalue weighted by Crippen LogP contribution is 2.49. The van der Waals surface area contributed by atoms with Crippen LogP contribution < -0.4 is 0 Å². The van der Waals surface area contributed by atoms with Gasteiger partial charge in [0.25, 0.3) is 0 Å². The summed E-state index contributed by atoms with van der Waals surface area (Å²) in [5, 5.41) is 0. The van der Waals surface area contributed by atoms with E-state index in [-0.39, 0.29) is 18.3 Å². The maximum Gasteiger partial charge on any atom is 0.410 e. The van der Waals surface area contributed by atoms with Crippen LogP contribution in [0.2, 0.25) is 0 Å². The second-order valence-corrected chi connectivity index (χ2v) is 7.37. The minimum Gasteiger partial charge on any atom is -0.444 e. The van der Waals surface area contributed by atoms with Crippen molar-refractivity contribution < 1.29 is 14.3 Å². The summed E-state index contributed by atoms with van der Waals surface area (Å²) in [6.45, 7) is 9.30. The Bertz CT molecular complexity index is 525. The summed E-state index contributed by atoms with van der Waals surface area (Å²) in [6, 6.07) is 10.3. The number of ether oxygens (including phenoxy) is 2. The average molecular weight is 303 g/mol. The maximum absolute atomic E-state index is 12.0. The molecule has 1 aliphatic heterocycles. The average Bonchev–Trinajstić information content (AvgIpc) is 2.90. The normalized spacial score (nSPS) is 28.2. The van der Waals surface area contributed by atoms with Crippen LogP contribution in [0.3, 0.4) is 0 Å². The van der Waals surface area contributed by atoms with Crippen molar-refractivity contribution >= 4 is 6.09 Å². The molecular weight excluding hydrogens is 278 g/mol.